The van der Waals surface area contributed by atoms with Gasteiger partial charge >= 0.3 is 0 Å². The van der Waals surface area contributed by atoms with E-state index in [2.05, 4.69) is 24.3 Å². The van der Waals surface area contributed by atoms with E-state index in [0.29, 0.717) is 6.54 Å². The molecule has 0 aliphatic heterocycles. The fourth-order valence-electron chi connectivity index (χ4n) is 3.31. The zero-order valence-corrected chi connectivity index (χ0v) is 11.6. The lowest BCUT2D eigenvalue weighted by Gasteiger charge is -2.37. The summed E-state index contributed by atoms with van der Waals surface area (Å²) in [5.41, 5.74) is 9.65. The van der Waals surface area contributed by atoms with Gasteiger partial charge in [-0.15, -0.1) is 0 Å². The molecule has 0 heterocycles. The maximum absolute atomic E-state index is 13.9. The zero-order chi connectivity index (χ0) is 14.0. The van der Waals surface area contributed by atoms with Crippen molar-refractivity contribution in [3.05, 3.63) is 71.0 Å². The highest BCUT2D eigenvalue weighted by Crippen LogP contribution is 2.38. The van der Waals surface area contributed by atoms with Gasteiger partial charge in [0.1, 0.15) is 5.82 Å². The number of nitrogens with two attached hydrogens (primary N) is 1. The fourth-order valence-corrected chi connectivity index (χ4v) is 3.31. The van der Waals surface area contributed by atoms with Crippen LogP contribution in [0.3, 0.4) is 0 Å². The highest BCUT2D eigenvalue weighted by atomic mass is 19.1. The van der Waals surface area contributed by atoms with Crippen LogP contribution in [-0.4, -0.2) is 6.54 Å². The second kappa shape index (κ2) is 5.37. The predicted octanol–water partition coefficient (Wildman–Crippen LogP) is 3.50. The molecule has 2 heteroatoms. The molecule has 0 saturated heterocycles. The Morgan fingerprint density at radius 3 is 2.45 bits per heavy atom. The van der Waals surface area contributed by atoms with Crippen molar-refractivity contribution in [3.63, 3.8) is 0 Å². The minimum atomic E-state index is -0.112. The molecule has 2 aromatic rings. The zero-order valence-electron chi connectivity index (χ0n) is 11.6. The third kappa shape index (κ3) is 2.48. The molecule has 104 valence electrons. The Morgan fingerprint density at radius 1 is 1.00 bits per heavy atom. The summed E-state index contributed by atoms with van der Waals surface area (Å²) < 4.78 is 13.9. The average molecular weight is 269 g/mol. The average Bonchev–Trinajstić information content (AvgIpc) is 2.49. The lowest BCUT2D eigenvalue weighted by atomic mass is 9.68. The molecule has 3 rings (SSSR count). The summed E-state index contributed by atoms with van der Waals surface area (Å²) in [4.78, 5) is 0. The van der Waals surface area contributed by atoms with Gasteiger partial charge in [-0.3, -0.25) is 0 Å². The number of aryl methyl sites for hydroxylation is 1. The van der Waals surface area contributed by atoms with E-state index in [4.69, 9.17) is 5.73 Å². The molecule has 1 atom stereocenters. The summed E-state index contributed by atoms with van der Waals surface area (Å²) in [6.45, 7) is 0.607. The number of benzene rings is 2. The Balaban J connectivity index is 1.89. The maximum atomic E-state index is 13.9. The van der Waals surface area contributed by atoms with Crippen LogP contribution in [-0.2, 0) is 19.3 Å². The van der Waals surface area contributed by atoms with E-state index in [9.17, 15) is 4.39 Å². The third-order valence-corrected chi connectivity index (χ3v) is 4.56. The van der Waals surface area contributed by atoms with E-state index in [1.807, 2.05) is 12.1 Å². The van der Waals surface area contributed by atoms with Crippen LogP contribution in [0.1, 0.15) is 23.1 Å². The first-order chi connectivity index (χ1) is 9.72. The van der Waals surface area contributed by atoms with Gasteiger partial charge in [0.05, 0.1) is 0 Å². The molecule has 20 heavy (non-hydrogen) atoms. The van der Waals surface area contributed by atoms with E-state index in [-0.39, 0.29) is 11.2 Å². The molecule has 1 nitrogen and oxygen atoms in total. The third-order valence-electron chi connectivity index (χ3n) is 4.56. The van der Waals surface area contributed by atoms with Crippen LogP contribution < -0.4 is 5.73 Å². The summed E-state index contributed by atoms with van der Waals surface area (Å²) in [5.74, 6) is -0.112. The van der Waals surface area contributed by atoms with Crippen molar-refractivity contribution < 1.29 is 4.39 Å². The Bertz CT molecular complexity index is 608. The van der Waals surface area contributed by atoms with E-state index >= 15 is 0 Å². The summed E-state index contributed by atoms with van der Waals surface area (Å²) >= 11 is 0. The Kier molecular flexibility index (Phi) is 3.58. The van der Waals surface area contributed by atoms with Gasteiger partial charge in [-0.2, -0.15) is 0 Å². The summed E-state index contributed by atoms with van der Waals surface area (Å²) in [5, 5.41) is 0. The van der Waals surface area contributed by atoms with Gasteiger partial charge in [0.25, 0.3) is 0 Å². The van der Waals surface area contributed by atoms with Crippen LogP contribution in [0.4, 0.5) is 4.39 Å². The minimum absolute atomic E-state index is 0.00343. The van der Waals surface area contributed by atoms with Gasteiger partial charge < -0.3 is 5.73 Å². The number of hydrogen-bond donors (Lipinski definition) is 1. The fraction of sp³-hybridized carbons (Fsp3) is 0.333. The smallest absolute Gasteiger partial charge is 0.126 e. The van der Waals surface area contributed by atoms with E-state index < -0.39 is 0 Å². The molecule has 1 unspecified atom stereocenters. The molecule has 0 radical (unpaired) electrons. The standard InChI is InChI=1S/C18H20FN/c19-17-8-4-3-7-16(17)12-18(13-20)10-9-14-5-1-2-6-15(14)11-18/h1-8H,9-13,20H2. The topological polar surface area (TPSA) is 26.0 Å². The van der Waals surface area contributed by atoms with Gasteiger partial charge in [-0.25, -0.2) is 4.39 Å². The Labute approximate surface area is 119 Å². The van der Waals surface area contributed by atoms with E-state index in [1.54, 1.807) is 6.07 Å². The second-order valence-electron chi connectivity index (χ2n) is 5.92. The van der Waals surface area contributed by atoms with Crippen LogP contribution in [0.2, 0.25) is 0 Å². The molecule has 2 N–H and O–H groups in total. The number of fused-ring (bicyclic) bond motifs is 1. The SMILES string of the molecule is NCC1(Cc2ccccc2F)CCc2ccccc2C1. The molecule has 1 aliphatic rings. The quantitative estimate of drug-likeness (QED) is 0.906. The molecule has 0 saturated carbocycles. The van der Waals surface area contributed by atoms with Crippen molar-refractivity contribution in [3.8, 4) is 0 Å². The Morgan fingerprint density at radius 2 is 1.70 bits per heavy atom. The maximum Gasteiger partial charge on any atom is 0.126 e. The van der Waals surface area contributed by atoms with Gasteiger partial charge in [-0.05, 0) is 60.4 Å². The summed E-state index contributed by atoms with van der Waals surface area (Å²) in [6.07, 6.45) is 3.76. The van der Waals surface area contributed by atoms with Crippen LogP contribution in [0.5, 0.6) is 0 Å². The van der Waals surface area contributed by atoms with Crippen molar-refractivity contribution >= 4 is 0 Å². The largest absolute Gasteiger partial charge is 0.330 e. The molecule has 2 aromatic carbocycles. The summed E-state index contributed by atoms with van der Waals surface area (Å²) in [6, 6.07) is 15.6. The molecular weight excluding hydrogens is 249 g/mol. The van der Waals surface area contributed by atoms with Crippen LogP contribution in [0, 0.1) is 11.2 Å². The first-order valence-electron chi connectivity index (χ1n) is 7.23. The molecule has 0 spiro atoms. The monoisotopic (exact) mass is 269 g/mol. The molecule has 0 amide bonds. The van der Waals surface area contributed by atoms with Crippen LogP contribution in [0.15, 0.2) is 48.5 Å². The lowest BCUT2D eigenvalue weighted by molar-refractivity contribution is 0.251. The lowest BCUT2D eigenvalue weighted by Crippen LogP contribution is -2.38. The Hall–Kier alpha value is -1.67. The van der Waals surface area contributed by atoms with Crippen molar-refractivity contribution in [2.75, 3.05) is 6.54 Å². The van der Waals surface area contributed by atoms with E-state index in [0.717, 1.165) is 31.2 Å². The van der Waals surface area contributed by atoms with Crippen LogP contribution in [0.25, 0.3) is 0 Å². The second-order valence-corrected chi connectivity index (χ2v) is 5.92. The minimum Gasteiger partial charge on any atom is -0.330 e. The molecule has 0 bridgehead atoms. The van der Waals surface area contributed by atoms with Gasteiger partial charge in [-0.1, -0.05) is 42.5 Å². The van der Waals surface area contributed by atoms with Crippen molar-refractivity contribution in [2.45, 2.75) is 25.7 Å². The van der Waals surface area contributed by atoms with Crippen LogP contribution >= 0.6 is 0 Å². The highest BCUT2D eigenvalue weighted by molar-refractivity contribution is 5.32. The predicted molar refractivity (Wildman–Crippen MR) is 80.1 cm³/mol. The van der Waals surface area contributed by atoms with Gasteiger partial charge in [0.15, 0.2) is 0 Å². The normalized spacial score (nSPS) is 21.5. The van der Waals surface area contributed by atoms with Crippen molar-refractivity contribution in [1.82, 2.24) is 0 Å². The molecule has 0 aromatic heterocycles. The van der Waals surface area contributed by atoms with Gasteiger partial charge in [0, 0.05) is 0 Å². The highest BCUT2D eigenvalue weighted by Gasteiger charge is 2.33. The number of halogens is 1. The van der Waals surface area contributed by atoms with Gasteiger partial charge in [0.2, 0.25) is 0 Å². The molecule has 1 aliphatic carbocycles. The number of hydrogen-bond acceptors (Lipinski definition) is 1. The first-order valence-corrected chi connectivity index (χ1v) is 7.23. The molecule has 0 fully saturated rings. The molecular formula is C18H20FN. The van der Waals surface area contributed by atoms with Crippen molar-refractivity contribution in [2.24, 2.45) is 11.1 Å². The van der Waals surface area contributed by atoms with Crippen molar-refractivity contribution in [1.29, 1.82) is 0 Å². The number of rotatable bonds is 3. The van der Waals surface area contributed by atoms with E-state index in [1.165, 1.54) is 17.2 Å². The first kappa shape index (κ1) is 13.3. The summed E-state index contributed by atoms with van der Waals surface area (Å²) in [7, 11) is 0.